The van der Waals surface area contributed by atoms with Crippen LogP contribution in [-0.4, -0.2) is 66.0 Å². The monoisotopic (exact) mass is 501 g/mol. The van der Waals surface area contributed by atoms with E-state index in [4.69, 9.17) is 43.0 Å². The SMILES string of the molecule is [B]C1([B])C(=O)NC(=O)C(N2Cc3cc(CNC(=O)C(F)(F)c4ccc(Cl)cc4)ccc3C2=O)C1([B])[B]. The fourth-order valence-electron chi connectivity index (χ4n) is 4.12. The summed E-state index contributed by atoms with van der Waals surface area (Å²) in [7, 11) is 23.5. The highest BCUT2D eigenvalue weighted by Gasteiger charge is 2.56. The van der Waals surface area contributed by atoms with Crippen LogP contribution in [0.4, 0.5) is 8.78 Å². The van der Waals surface area contributed by atoms with Crippen LogP contribution in [0.25, 0.3) is 0 Å². The summed E-state index contributed by atoms with van der Waals surface area (Å²) >= 11 is 5.71. The number of piperidine rings is 1. The average molecular weight is 501 g/mol. The molecule has 0 aromatic heterocycles. The van der Waals surface area contributed by atoms with E-state index >= 15 is 0 Å². The summed E-state index contributed by atoms with van der Waals surface area (Å²) < 4.78 is 29.0. The molecule has 0 spiro atoms. The lowest BCUT2D eigenvalue weighted by atomic mass is 9.26. The minimum atomic E-state index is -3.80. The normalized spacial score (nSPS) is 20.6. The first-order valence-corrected chi connectivity index (χ1v) is 10.9. The zero-order valence-electron chi connectivity index (χ0n) is 18.6. The molecule has 8 radical (unpaired) electrons. The number of benzene rings is 2. The van der Waals surface area contributed by atoms with Crippen LogP contribution in [-0.2, 0) is 33.4 Å². The van der Waals surface area contributed by atoms with Crippen molar-refractivity contribution in [3.05, 3.63) is 69.7 Å². The number of rotatable bonds is 5. The van der Waals surface area contributed by atoms with E-state index in [9.17, 15) is 28.0 Å². The maximum Gasteiger partial charge on any atom is 0.349 e. The van der Waals surface area contributed by atoms with Gasteiger partial charge in [0.1, 0.15) is 6.04 Å². The Morgan fingerprint density at radius 2 is 1.75 bits per heavy atom. The lowest BCUT2D eigenvalue weighted by Crippen LogP contribution is -2.66. The van der Waals surface area contributed by atoms with Gasteiger partial charge in [0.2, 0.25) is 11.8 Å². The Hall–Kier alpha value is -3.07. The van der Waals surface area contributed by atoms with Gasteiger partial charge in [-0.25, -0.2) is 0 Å². The average Bonchev–Trinajstić information content (AvgIpc) is 3.11. The Labute approximate surface area is 215 Å². The molecule has 2 N–H and O–H groups in total. The molecule has 0 bridgehead atoms. The first-order chi connectivity index (χ1) is 16.7. The fourth-order valence-corrected chi connectivity index (χ4v) is 4.25. The molecular formula is C22H14B4ClF2N3O4. The smallest absolute Gasteiger partial charge is 0.346 e. The maximum atomic E-state index is 14.5. The van der Waals surface area contributed by atoms with E-state index in [0.29, 0.717) is 11.1 Å². The quantitative estimate of drug-likeness (QED) is 0.465. The van der Waals surface area contributed by atoms with Crippen LogP contribution < -0.4 is 10.6 Å². The molecule has 7 nitrogen and oxygen atoms in total. The van der Waals surface area contributed by atoms with Gasteiger partial charge in [-0.15, -0.1) is 0 Å². The summed E-state index contributed by atoms with van der Waals surface area (Å²) in [5.41, 5.74) is 0.491. The number of amides is 4. The molecule has 2 heterocycles. The van der Waals surface area contributed by atoms with Crippen LogP contribution in [0.5, 0.6) is 0 Å². The van der Waals surface area contributed by atoms with E-state index in [2.05, 4.69) is 5.32 Å². The first kappa shape index (κ1) is 26.0. The summed E-state index contributed by atoms with van der Waals surface area (Å²) in [6.45, 7) is -0.427. The Morgan fingerprint density at radius 3 is 2.39 bits per heavy atom. The zero-order valence-corrected chi connectivity index (χ0v) is 19.3. The number of fused-ring (bicyclic) bond motifs is 1. The molecule has 0 aliphatic carbocycles. The molecule has 2 aromatic carbocycles. The minimum absolute atomic E-state index is 0.157. The van der Waals surface area contributed by atoms with E-state index in [-0.39, 0.29) is 23.7 Å². The number of carbonyl (C=O) groups is 4. The van der Waals surface area contributed by atoms with Crippen molar-refractivity contribution in [2.24, 2.45) is 0 Å². The Morgan fingerprint density at radius 1 is 1.11 bits per heavy atom. The van der Waals surface area contributed by atoms with Gasteiger partial charge in [-0.3, -0.25) is 24.5 Å². The lowest BCUT2D eigenvalue weighted by molar-refractivity contribution is -0.147. The fraction of sp³-hybridized carbons (Fsp3) is 0.273. The Kier molecular flexibility index (Phi) is 6.35. The van der Waals surface area contributed by atoms with Gasteiger partial charge in [-0.1, -0.05) is 41.1 Å². The van der Waals surface area contributed by atoms with Gasteiger partial charge in [0.05, 0.1) is 31.4 Å². The van der Waals surface area contributed by atoms with Crippen molar-refractivity contribution in [3.8, 4) is 0 Å². The van der Waals surface area contributed by atoms with Gasteiger partial charge in [0.25, 0.3) is 11.8 Å². The van der Waals surface area contributed by atoms with Gasteiger partial charge < -0.3 is 10.2 Å². The van der Waals surface area contributed by atoms with Crippen molar-refractivity contribution in [1.82, 2.24) is 15.5 Å². The van der Waals surface area contributed by atoms with E-state index < -0.39 is 51.6 Å². The largest absolute Gasteiger partial charge is 0.349 e. The van der Waals surface area contributed by atoms with Crippen molar-refractivity contribution >= 4 is 66.6 Å². The third-order valence-electron chi connectivity index (χ3n) is 6.29. The van der Waals surface area contributed by atoms with Crippen LogP contribution in [0.1, 0.15) is 27.0 Å². The van der Waals surface area contributed by atoms with Crippen LogP contribution in [0, 0.1) is 0 Å². The second-order valence-corrected chi connectivity index (χ2v) is 9.15. The van der Waals surface area contributed by atoms with Crippen molar-refractivity contribution in [3.63, 3.8) is 0 Å². The maximum absolute atomic E-state index is 14.5. The second kappa shape index (κ2) is 8.80. The molecule has 2 aromatic rings. The summed E-state index contributed by atoms with van der Waals surface area (Å²) in [6, 6.07) is 7.41. The zero-order chi connectivity index (χ0) is 26.6. The number of hydrogen-bond acceptors (Lipinski definition) is 4. The Balaban J connectivity index is 1.50. The summed E-state index contributed by atoms with van der Waals surface area (Å²) in [4.78, 5) is 50.8. The van der Waals surface area contributed by atoms with Gasteiger partial charge >= 0.3 is 5.92 Å². The first-order valence-electron chi connectivity index (χ1n) is 10.5. The van der Waals surface area contributed by atoms with Crippen LogP contribution in [0.3, 0.4) is 0 Å². The van der Waals surface area contributed by atoms with Gasteiger partial charge in [0.15, 0.2) is 0 Å². The van der Waals surface area contributed by atoms with Crippen LogP contribution in [0.15, 0.2) is 42.5 Å². The Bertz CT molecular complexity index is 1290. The molecule has 1 fully saturated rings. The molecule has 2 aliphatic heterocycles. The number of imide groups is 1. The predicted molar refractivity (Wildman–Crippen MR) is 129 cm³/mol. The molecular weight excluding hydrogens is 487 g/mol. The van der Waals surface area contributed by atoms with Crippen molar-refractivity contribution in [2.75, 3.05) is 0 Å². The predicted octanol–water partition coefficient (Wildman–Crippen LogP) is 0.635. The molecule has 174 valence electrons. The number of halogens is 3. The summed E-state index contributed by atoms with van der Waals surface area (Å²) in [6.07, 6.45) is 0. The highest BCUT2D eigenvalue weighted by atomic mass is 35.5. The van der Waals surface area contributed by atoms with Crippen molar-refractivity contribution in [2.45, 2.75) is 35.5 Å². The van der Waals surface area contributed by atoms with E-state index in [1.165, 1.54) is 30.3 Å². The molecule has 1 unspecified atom stereocenters. The van der Waals surface area contributed by atoms with Crippen LogP contribution >= 0.6 is 11.6 Å². The summed E-state index contributed by atoms with van der Waals surface area (Å²) in [5, 5.41) is -0.267. The highest BCUT2D eigenvalue weighted by Crippen LogP contribution is 2.50. The van der Waals surface area contributed by atoms with Gasteiger partial charge in [-0.05, 0) is 34.5 Å². The number of alkyl halides is 2. The van der Waals surface area contributed by atoms with E-state index in [1.807, 2.05) is 5.32 Å². The molecule has 0 saturated carbocycles. The molecule has 4 rings (SSSR count). The van der Waals surface area contributed by atoms with Crippen molar-refractivity contribution < 1.29 is 28.0 Å². The third-order valence-corrected chi connectivity index (χ3v) is 6.54. The van der Waals surface area contributed by atoms with E-state index in [0.717, 1.165) is 17.0 Å². The van der Waals surface area contributed by atoms with Crippen molar-refractivity contribution in [1.29, 1.82) is 0 Å². The number of carbonyl (C=O) groups excluding carboxylic acids is 4. The molecule has 2 aliphatic rings. The lowest BCUT2D eigenvalue weighted by Gasteiger charge is -2.53. The number of hydrogen-bond donors (Lipinski definition) is 2. The number of nitrogens with one attached hydrogen (secondary N) is 2. The topological polar surface area (TPSA) is 95.6 Å². The third kappa shape index (κ3) is 4.13. The molecule has 1 atom stereocenters. The second-order valence-electron chi connectivity index (χ2n) is 8.71. The molecule has 14 heteroatoms. The minimum Gasteiger partial charge on any atom is -0.346 e. The molecule has 4 amide bonds. The highest BCUT2D eigenvalue weighted by molar-refractivity contribution is 6.63. The summed E-state index contributed by atoms with van der Waals surface area (Å²) in [5.74, 6) is -7.99. The van der Waals surface area contributed by atoms with E-state index in [1.54, 1.807) is 0 Å². The molecule has 1 saturated heterocycles. The van der Waals surface area contributed by atoms with Gasteiger partial charge in [-0.2, -0.15) is 8.78 Å². The number of nitrogens with zero attached hydrogens (tertiary/aromatic N) is 1. The van der Waals surface area contributed by atoms with Gasteiger partial charge in [0, 0.05) is 29.2 Å². The molecule has 36 heavy (non-hydrogen) atoms. The standard InChI is InChI=1S/C22H14B4ClF2N3O4/c23-21(24)15(16(33)31-19(36)22(21,25)26)32-9-11-7-10(1-6-14(11)17(32)34)8-30-18(35)20(28,29)12-2-4-13(27)5-3-12/h1-7,15H,8-9H2,(H,30,35)(H,31,33,36). The van der Waals surface area contributed by atoms with Crippen LogP contribution in [0.2, 0.25) is 15.5 Å².